The molecule has 1 aliphatic heterocycles. The number of aromatic amines is 1. The Morgan fingerprint density at radius 2 is 2.00 bits per heavy atom. The van der Waals surface area contributed by atoms with Crippen molar-refractivity contribution in [2.45, 2.75) is 39.4 Å². The predicted molar refractivity (Wildman–Crippen MR) is 105 cm³/mol. The average Bonchev–Trinajstić information content (AvgIpc) is 3.07. The van der Waals surface area contributed by atoms with Gasteiger partial charge in [0.2, 0.25) is 5.88 Å². The number of hydrogen-bond donors (Lipinski definition) is 3. The third-order valence-corrected chi connectivity index (χ3v) is 5.63. The second kappa shape index (κ2) is 6.87. The van der Waals surface area contributed by atoms with Gasteiger partial charge in [0.1, 0.15) is 11.3 Å². The lowest BCUT2D eigenvalue weighted by molar-refractivity contribution is -0.690. The summed E-state index contributed by atoms with van der Waals surface area (Å²) in [6, 6.07) is 5.44. The number of benzene rings is 1. The van der Waals surface area contributed by atoms with E-state index >= 15 is 0 Å². The van der Waals surface area contributed by atoms with Crippen LogP contribution in [0.15, 0.2) is 27.8 Å². The van der Waals surface area contributed by atoms with Gasteiger partial charge in [0.15, 0.2) is 6.04 Å². The van der Waals surface area contributed by atoms with Crippen LogP contribution in [0.25, 0.3) is 10.9 Å². The summed E-state index contributed by atoms with van der Waals surface area (Å²) in [5, 5.41) is 13.9. The molecule has 1 aromatic carbocycles. The molecular formula is C20H25N4O4+. The predicted octanol–water partition coefficient (Wildman–Crippen LogP) is 0.454. The molecule has 8 heteroatoms. The number of aromatic nitrogens is 3. The Bertz CT molecular complexity index is 1170. The number of aromatic hydroxyl groups is 1. The van der Waals surface area contributed by atoms with Crippen LogP contribution in [0.1, 0.15) is 36.7 Å². The van der Waals surface area contributed by atoms with Gasteiger partial charge in [-0.05, 0) is 37.6 Å². The topological polar surface area (TPSA) is 106 Å². The van der Waals surface area contributed by atoms with E-state index in [1.165, 1.54) is 9.13 Å². The number of hydrogen-bond acceptors (Lipinski definition) is 4. The molecule has 0 aliphatic carbocycles. The fourth-order valence-electron chi connectivity index (χ4n) is 4.23. The van der Waals surface area contributed by atoms with Crippen molar-refractivity contribution in [3.63, 3.8) is 0 Å². The summed E-state index contributed by atoms with van der Waals surface area (Å²) in [7, 11) is 1.63. The number of methoxy groups -OCH3 is 1. The summed E-state index contributed by atoms with van der Waals surface area (Å²) in [5.74, 6) is 0.531. The highest BCUT2D eigenvalue weighted by atomic mass is 16.5. The van der Waals surface area contributed by atoms with Crippen LogP contribution in [0.5, 0.6) is 11.6 Å². The molecule has 1 atom stereocenters. The van der Waals surface area contributed by atoms with E-state index in [1.54, 1.807) is 21.0 Å². The van der Waals surface area contributed by atoms with Crippen LogP contribution in [0, 0.1) is 0 Å². The number of nitrogens with two attached hydrogens (primary N) is 1. The number of nitrogens with one attached hydrogen (secondary N) is 1. The van der Waals surface area contributed by atoms with Gasteiger partial charge in [-0.3, -0.25) is 13.9 Å². The van der Waals surface area contributed by atoms with E-state index in [-0.39, 0.29) is 18.0 Å². The van der Waals surface area contributed by atoms with Crippen LogP contribution in [-0.2, 0) is 19.5 Å². The second-order valence-corrected chi connectivity index (χ2v) is 6.99. The molecule has 8 nitrogen and oxygen atoms in total. The molecule has 4 N–H and O–H groups in total. The van der Waals surface area contributed by atoms with Crippen molar-refractivity contribution >= 4 is 10.9 Å². The molecule has 0 unspecified atom stereocenters. The van der Waals surface area contributed by atoms with Crippen molar-refractivity contribution in [3.05, 3.63) is 55.9 Å². The van der Waals surface area contributed by atoms with Crippen molar-refractivity contribution in [2.24, 2.45) is 0 Å². The summed E-state index contributed by atoms with van der Waals surface area (Å²) >= 11 is 0. The van der Waals surface area contributed by atoms with Gasteiger partial charge >= 0.3 is 5.69 Å². The molecule has 0 saturated heterocycles. The number of quaternary nitrogens is 1. The lowest BCUT2D eigenvalue weighted by atomic mass is 9.95. The standard InChI is InChI=1S/C20H24N4O4/c1-4-23-18(25)15(19(26)24(5-2)20(23)27)17-16-12(8-9-21-17)13-10-11(28-3)6-7-14(13)22-16/h6-7,10,17,21-22,25H,4-5,8-9H2,1-3H3/p+1/t17-/m0/s1. The Morgan fingerprint density at radius 3 is 2.68 bits per heavy atom. The zero-order valence-corrected chi connectivity index (χ0v) is 16.3. The first kappa shape index (κ1) is 18.4. The van der Waals surface area contributed by atoms with Crippen molar-refractivity contribution < 1.29 is 15.2 Å². The zero-order valence-electron chi connectivity index (χ0n) is 16.3. The molecule has 3 aromatic rings. The highest BCUT2D eigenvalue weighted by Gasteiger charge is 2.35. The third-order valence-electron chi connectivity index (χ3n) is 5.63. The lowest BCUT2D eigenvalue weighted by Gasteiger charge is -2.23. The Balaban J connectivity index is 1.99. The van der Waals surface area contributed by atoms with Crippen molar-refractivity contribution in [1.82, 2.24) is 14.1 Å². The highest BCUT2D eigenvalue weighted by molar-refractivity contribution is 5.86. The summed E-state index contributed by atoms with van der Waals surface area (Å²) in [4.78, 5) is 29.0. The van der Waals surface area contributed by atoms with Crippen LogP contribution in [0.3, 0.4) is 0 Å². The number of rotatable bonds is 4. The van der Waals surface area contributed by atoms with E-state index < -0.39 is 17.3 Å². The Hall–Kier alpha value is -3.00. The minimum Gasteiger partial charge on any atom is -0.497 e. The fourth-order valence-corrected chi connectivity index (χ4v) is 4.23. The quantitative estimate of drug-likeness (QED) is 0.606. The molecule has 0 saturated carbocycles. The molecule has 3 heterocycles. The van der Waals surface area contributed by atoms with E-state index in [9.17, 15) is 14.7 Å². The minimum atomic E-state index is -0.478. The Morgan fingerprint density at radius 1 is 1.25 bits per heavy atom. The van der Waals surface area contributed by atoms with E-state index in [4.69, 9.17) is 4.74 Å². The maximum Gasteiger partial charge on any atom is 0.333 e. The molecular weight excluding hydrogens is 360 g/mol. The Kier molecular flexibility index (Phi) is 4.50. The average molecular weight is 385 g/mol. The van der Waals surface area contributed by atoms with Gasteiger partial charge in [-0.25, -0.2) is 4.79 Å². The molecule has 4 rings (SSSR count). The van der Waals surface area contributed by atoms with Crippen LogP contribution in [0.2, 0.25) is 0 Å². The van der Waals surface area contributed by atoms with Gasteiger partial charge in [0.05, 0.1) is 19.3 Å². The van der Waals surface area contributed by atoms with Crippen LogP contribution < -0.4 is 21.3 Å². The van der Waals surface area contributed by atoms with Crippen molar-refractivity contribution in [2.75, 3.05) is 13.7 Å². The number of H-pyrrole nitrogens is 1. The number of ether oxygens (including phenoxy) is 1. The summed E-state index contributed by atoms with van der Waals surface area (Å²) in [6.07, 6.45) is 0.842. The largest absolute Gasteiger partial charge is 0.497 e. The molecule has 148 valence electrons. The van der Waals surface area contributed by atoms with Gasteiger partial charge in [-0.15, -0.1) is 0 Å². The van der Waals surface area contributed by atoms with E-state index in [1.807, 2.05) is 23.5 Å². The molecule has 2 aromatic heterocycles. The van der Waals surface area contributed by atoms with Crippen LogP contribution >= 0.6 is 0 Å². The number of nitrogens with zero attached hydrogens (tertiary/aromatic N) is 2. The van der Waals surface area contributed by atoms with Crippen LogP contribution in [0.4, 0.5) is 0 Å². The zero-order chi connectivity index (χ0) is 20.0. The summed E-state index contributed by atoms with van der Waals surface area (Å²) in [6.45, 7) is 4.86. The molecule has 0 bridgehead atoms. The molecule has 1 aliphatic rings. The highest BCUT2D eigenvalue weighted by Crippen LogP contribution is 2.33. The van der Waals surface area contributed by atoms with Gasteiger partial charge < -0.3 is 20.1 Å². The normalized spacial score (nSPS) is 16.3. The molecule has 0 fully saturated rings. The number of fused-ring (bicyclic) bond motifs is 3. The lowest BCUT2D eigenvalue weighted by Crippen LogP contribution is -2.88. The maximum absolute atomic E-state index is 13.1. The smallest absolute Gasteiger partial charge is 0.333 e. The SMILES string of the molecule is CCn1c(O)c([C@@H]2[NH2+]CCc3c2[nH]c2ccc(OC)cc32)c(=O)n(CC)c1=O. The van der Waals surface area contributed by atoms with Crippen molar-refractivity contribution in [3.8, 4) is 11.6 Å². The van der Waals surface area contributed by atoms with E-state index in [0.29, 0.717) is 6.54 Å². The molecule has 28 heavy (non-hydrogen) atoms. The first-order valence-electron chi connectivity index (χ1n) is 9.60. The molecule has 0 radical (unpaired) electrons. The third kappa shape index (κ3) is 2.56. The van der Waals surface area contributed by atoms with Gasteiger partial charge in [0, 0.05) is 30.4 Å². The Labute approximate surface area is 161 Å². The molecule has 0 spiro atoms. The van der Waals surface area contributed by atoms with Crippen LogP contribution in [-0.4, -0.2) is 32.9 Å². The van der Waals surface area contributed by atoms with E-state index in [0.717, 1.165) is 40.9 Å². The van der Waals surface area contributed by atoms with E-state index in [2.05, 4.69) is 4.98 Å². The van der Waals surface area contributed by atoms with Gasteiger partial charge in [0.25, 0.3) is 5.56 Å². The molecule has 0 amide bonds. The maximum atomic E-state index is 13.1. The minimum absolute atomic E-state index is 0.243. The fraction of sp³-hybridized carbons (Fsp3) is 0.400. The summed E-state index contributed by atoms with van der Waals surface area (Å²) in [5.41, 5.74) is 2.32. The second-order valence-electron chi connectivity index (χ2n) is 6.99. The first-order chi connectivity index (χ1) is 13.5. The monoisotopic (exact) mass is 385 g/mol. The van der Waals surface area contributed by atoms with Gasteiger partial charge in [-0.2, -0.15) is 0 Å². The van der Waals surface area contributed by atoms with Gasteiger partial charge in [-0.1, -0.05) is 0 Å². The first-order valence-corrected chi connectivity index (χ1v) is 9.60. The van der Waals surface area contributed by atoms with Crippen molar-refractivity contribution in [1.29, 1.82) is 0 Å². The summed E-state index contributed by atoms with van der Waals surface area (Å²) < 4.78 is 7.80.